The van der Waals surface area contributed by atoms with Gasteiger partial charge in [-0.2, -0.15) is 0 Å². The molecule has 2 aromatic carbocycles. The summed E-state index contributed by atoms with van der Waals surface area (Å²) in [5.41, 5.74) is 1.90. The Balaban J connectivity index is 1.76. The number of anilines is 2. The third kappa shape index (κ3) is 3.52. The Morgan fingerprint density at radius 2 is 1.80 bits per heavy atom. The van der Waals surface area contributed by atoms with Gasteiger partial charge in [-0.05, 0) is 42.8 Å². The van der Waals surface area contributed by atoms with Crippen LogP contribution in [0.2, 0.25) is 0 Å². The summed E-state index contributed by atoms with van der Waals surface area (Å²) in [6.07, 6.45) is 1.41. The van der Waals surface area contributed by atoms with E-state index in [1.54, 1.807) is 53.4 Å². The first-order valence-electron chi connectivity index (χ1n) is 7.99. The molecule has 0 atom stereocenters. The average Bonchev–Trinajstić information content (AvgIpc) is 3.07. The monoisotopic (exact) mass is 338 g/mol. The Bertz CT molecular complexity index is 814. The number of hydrogen-bond acceptors (Lipinski definition) is 4. The minimum atomic E-state index is -0.515. The molecule has 1 aliphatic rings. The molecule has 0 spiro atoms. The number of hydrogen-bond donors (Lipinski definition) is 1. The lowest BCUT2D eigenvalue weighted by Crippen LogP contribution is -2.23. The van der Waals surface area contributed by atoms with Crippen molar-refractivity contribution < 1.29 is 19.1 Å². The molecule has 1 N–H and O–H groups in total. The summed E-state index contributed by atoms with van der Waals surface area (Å²) in [7, 11) is 1.29. The summed E-state index contributed by atoms with van der Waals surface area (Å²) in [5.74, 6) is -0.751. The molecule has 0 bridgehead atoms. The number of nitrogens with zero attached hydrogens (tertiary/aromatic N) is 1. The molecule has 0 radical (unpaired) electrons. The van der Waals surface area contributed by atoms with Gasteiger partial charge in [0.2, 0.25) is 5.91 Å². The first-order valence-corrected chi connectivity index (χ1v) is 7.99. The van der Waals surface area contributed by atoms with Gasteiger partial charge in [0.25, 0.3) is 5.91 Å². The Morgan fingerprint density at radius 3 is 2.44 bits per heavy atom. The van der Waals surface area contributed by atoms with Gasteiger partial charge in [0.15, 0.2) is 0 Å². The maximum atomic E-state index is 12.4. The maximum absolute atomic E-state index is 12.4. The molecule has 0 unspecified atom stereocenters. The van der Waals surface area contributed by atoms with Crippen molar-refractivity contribution in [1.29, 1.82) is 0 Å². The fourth-order valence-corrected chi connectivity index (χ4v) is 2.79. The van der Waals surface area contributed by atoms with E-state index in [-0.39, 0.29) is 17.4 Å². The van der Waals surface area contributed by atoms with Crippen molar-refractivity contribution in [3.63, 3.8) is 0 Å². The number of carbonyl (C=O) groups excluding carboxylic acids is 3. The Morgan fingerprint density at radius 1 is 1.08 bits per heavy atom. The van der Waals surface area contributed by atoms with Crippen LogP contribution in [-0.2, 0) is 9.53 Å². The summed E-state index contributed by atoms with van der Waals surface area (Å²) in [4.78, 5) is 37.7. The third-order valence-corrected chi connectivity index (χ3v) is 4.10. The molecule has 2 amide bonds. The molecule has 1 heterocycles. The smallest absolute Gasteiger partial charge is 0.339 e. The molecule has 0 saturated carbocycles. The fraction of sp³-hybridized carbons (Fsp3) is 0.211. The number of ether oxygens (including phenoxy) is 1. The Hall–Kier alpha value is -3.15. The molecule has 3 rings (SSSR count). The second-order valence-electron chi connectivity index (χ2n) is 5.69. The van der Waals surface area contributed by atoms with Gasteiger partial charge in [0.1, 0.15) is 0 Å². The maximum Gasteiger partial charge on any atom is 0.339 e. The summed E-state index contributed by atoms with van der Waals surface area (Å²) in [5, 5.41) is 2.72. The van der Waals surface area contributed by atoms with Crippen LogP contribution in [0.1, 0.15) is 33.6 Å². The topological polar surface area (TPSA) is 75.7 Å². The minimum absolute atomic E-state index is 0.101. The summed E-state index contributed by atoms with van der Waals surface area (Å²) in [6.45, 7) is 0.705. The number of para-hydroxylation sites is 1. The van der Waals surface area contributed by atoms with Crippen LogP contribution >= 0.6 is 0 Å². The molecule has 25 heavy (non-hydrogen) atoms. The molecular weight excluding hydrogens is 320 g/mol. The second-order valence-corrected chi connectivity index (χ2v) is 5.69. The summed E-state index contributed by atoms with van der Waals surface area (Å²) >= 11 is 0. The molecule has 0 aliphatic carbocycles. The number of nitrogens with one attached hydrogen (secondary N) is 1. The molecule has 0 aromatic heterocycles. The van der Waals surface area contributed by atoms with Crippen molar-refractivity contribution in [3.8, 4) is 0 Å². The molecule has 1 fully saturated rings. The van der Waals surface area contributed by atoms with Gasteiger partial charge >= 0.3 is 5.97 Å². The van der Waals surface area contributed by atoms with Crippen LogP contribution in [0.15, 0.2) is 48.5 Å². The van der Waals surface area contributed by atoms with Gasteiger partial charge in [0.05, 0.1) is 18.4 Å². The third-order valence-electron chi connectivity index (χ3n) is 4.10. The highest BCUT2D eigenvalue weighted by Crippen LogP contribution is 2.22. The average molecular weight is 338 g/mol. The standard InChI is InChI=1S/C19H18N2O4/c1-25-19(24)15-5-2-3-6-16(15)20-18(23)13-8-10-14(11-9-13)21-12-4-7-17(21)22/h2-3,5-6,8-11H,4,7,12H2,1H3,(H,20,23). The van der Waals surface area contributed by atoms with Crippen LogP contribution < -0.4 is 10.2 Å². The van der Waals surface area contributed by atoms with Gasteiger partial charge < -0.3 is 15.0 Å². The molecule has 128 valence electrons. The van der Waals surface area contributed by atoms with E-state index in [0.717, 1.165) is 12.1 Å². The molecule has 1 aliphatic heterocycles. The zero-order chi connectivity index (χ0) is 17.8. The molecule has 2 aromatic rings. The highest BCUT2D eigenvalue weighted by Gasteiger charge is 2.22. The van der Waals surface area contributed by atoms with Crippen LogP contribution in [0.3, 0.4) is 0 Å². The quantitative estimate of drug-likeness (QED) is 0.870. The zero-order valence-corrected chi connectivity index (χ0v) is 13.8. The lowest BCUT2D eigenvalue weighted by atomic mass is 10.1. The van der Waals surface area contributed by atoms with E-state index in [2.05, 4.69) is 5.32 Å². The van der Waals surface area contributed by atoms with Crippen LogP contribution in [0.4, 0.5) is 11.4 Å². The van der Waals surface area contributed by atoms with Crippen LogP contribution in [-0.4, -0.2) is 31.4 Å². The van der Waals surface area contributed by atoms with E-state index in [0.29, 0.717) is 24.2 Å². The van der Waals surface area contributed by atoms with Crippen LogP contribution in [0.5, 0.6) is 0 Å². The molecule has 6 nitrogen and oxygen atoms in total. The second kappa shape index (κ2) is 7.17. The van der Waals surface area contributed by atoms with E-state index in [1.165, 1.54) is 7.11 Å². The number of esters is 1. The molecule has 1 saturated heterocycles. The molecular formula is C19H18N2O4. The van der Waals surface area contributed by atoms with Crippen molar-refractivity contribution in [2.45, 2.75) is 12.8 Å². The fourth-order valence-electron chi connectivity index (χ4n) is 2.79. The lowest BCUT2D eigenvalue weighted by molar-refractivity contribution is -0.117. The number of methoxy groups -OCH3 is 1. The summed E-state index contributed by atoms with van der Waals surface area (Å²) in [6, 6.07) is 13.5. The SMILES string of the molecule is COC(=O)c1ccccc1NC(=O)c1ccc(N2CCCC2=O)cc1. The van der Waals surface area contributed by atoms with Crippen molar-refractivity contribution >= 4 is 29.2 Å². The number of carbonyl (C=O) groups is 3. The first kappa shape index (κ1) is 16.7. The van der Waals surface area contributed by atoms with Gasteiger partial charge in [0, 0.05) is 24.2 Å². The minimum Gasteiger partial charge on any atom is -0.465 e. The van der Waals surface area contributed by atoms with Crippen molar-refractivity contribution in [2.24, 2.45) is 0 Å². The molecule has 6 heteroatoms. The largest absolute Gasteiger partial charge is 0.465 e. The number of benzene rings is 2. The normalized spacial score (nSPS) is 13.6. The van der Waals surface area contributed by atoms with E-state index in [4.69, 9.17) is 4.74 Å². The first-order chi connectivity index (χ1) is 12.1. The lowest BCUT2D eigenvalue weighted by Gasteiger charge is -2.16. The van der Waals surface area contributed by atoms with Gasteiger partial charge in [-0.3, -0.25) is 9.59 Å². The van der Waals surface area contributed by atoms with Gasteiger partial charge in [-0.1, -0.05) is 12.1 Å². The van der Waals surface area contributed by atoms with Crippen LogP contribution in [0.25, 0.3) is 0 Å². The van der Waals surface area contributed by atoms with Crippen LogP contribution in [0, 0.1) is 0 Å². The van der Waals surface area contributed by atoms with Crippen molar-refractivity contribution in [3.05, 3.63) is 59.7 Å². The van der Waals surface area contributed by atoms with Crippen molar-refractivity contribution in [2.75, 3.05) is 23.9 Å². The van der Waals surface area contributed by atoms with E-state index in [9.17, 15) is 14.4 Å². The number of amides is 2. The highest BCUT2D eigenvalue weighted by molar-refractivity contribution is 6.08. The Labute approximate surface area is 145 Å². The van der Waals surface area contributed by atoms with Gasteiger partial charge in [-0.25, -0.2) is 4.79 Å². The van der Waals surface area contributed by atoms with E-state index in [1.807, 2.05) is 0 Å². The van der Waals surface area contributed by atoms with Crippen molar-refractivity contribution in [1.82, 2.24) is 0 Å². The van der Waals surface area contributed by atoms with Gasteiger partial charge in [-0.15, -0.1) is 0 Å². The van der Waals surface area contributed by atoms with E-state index >= 15 is 0 Å². The predicted molar refractivity (Wildman–Crippen MR) is 93.8 cm³/mol. The highest BCUT2D eigenvalue weighted by atomic mass is 16.5. The van der Waals surface area contributed by atoms with E-state index < -0.39 is 5.97 Å². The zero-order valence-electron chi connectivity index (χ0n) is 13.8. The number of rotatable bonds is 4. The predicted octanol–water partition coefficient (Wildman–Crippen LogP) is 2.85. The summed E-state index contributed by atoms with van der Waals surface area (Å²) < 4.78 is 4.72. The Kier molecular flexibility index (Phi) is 4.79.